The fourth-order valence-electron chi connectivity index (χ4n) is 5.01. The van der Waals surface area contributed by atoms with Gasteiger partial charge in [-0.25, -0.2) is 0 Å². The van der Waals surface area contributed by atoms with Crippen molar-refractivity contribution in [3.05, 3.63) is 95.2 Å². The first kappa shape index (κ1) is 25.9. The van der Waals surface area contributed by atoms with Gasteiger partial charge in [-0.05, 0) is 79.1 Å². The van der Waals surface area contributed by atoms with E-state index in [4.69, 9.17) is 14.2 Å². The molecule has 1 unspecified atom stereocenters. The number of nitrogens with one attached hydrogen (secondary N) is 1. The Bertz CT molecular complexity index is 1540. The summed E-state index contributed by atoms with van der Waals surface area (Å²) in [5.41, 5.74) is 3.12. The Hall–Kier alpha value is -4.72. The van der Waals surface area contributed by atoms with Crippen LogP contribution in [-0.2, 0) is 16.0 Å². The van der Waals surface area contributed by atoms with Gasteiger partial charge in [0.25, 0.3) is 11.7 Å². The van der Waals surface area contributed by atoms with E-state index < -0.39 is 17.7 Å². The van der Waals surface area contributed by atoms with Crippen LogP contribution in [0.1, 0.15) is 29.7 Å². The summed E-state index contributed by atoms with van der Waals surface area (Å²) < 4.78 is 16.2. The van der Waals surface area contributed by atoms with Gasteiger partial charge in [-0.15, -0.1) is 0 Å². The Kier molecular flexibility index (Phi) is 7.27. The Labute approximate surface area is 226 Å². The molecule has 5 rings (SSSR count). The van der Waals surface area contributed by atoms with Crippen molar-refractivity contribution in [3.63, 3.8) is 0 Å². The minimum absolute atomic E-state index is 0.0509. The van der Waals surface area contributed by atoms with E-state index in [-0.39, 0.29) is 17.9 Å². The van der Waals surface area contributed by atoms with Crippen molar-refractivity contribution in [3.8, 4) is 17.2 Å². The minimum atomic E-state index is -0.762. The van der Waals surface area contributed by atoms with Gasteiger partial charge in [0.05, 0.1) is 32.4 Å². The number of benzene rings is 3. The molecule has 1 aliphatic heterocycles. The number of amides is 1. The van der Waals surface area contributed by atoms with Gasteiger partial charge in [-0.3, -0.25) is 9.59 Å². The third kappa shape index (κ3) is 4.93. The third-order valence-corrected chi connectivity index (χ3v) is 7.01. The van der Waals surface area contributed by atoms with E-state index in [1.54, 1.807) is 50.6 Å². The van der Waals surface area contributed by atoms with Gasteiger partial charge in [-0.1, -0.05) is 12.1 Å². The van der Waals surface area contributed by atoms with Crippen LogP contribution in [0, 0.1) is 0 Å². The number of aromatic nitrogens is 1. The minimum Gasteiger partial charge on any atom is -0.507 e. The van der Waals surface area contributed by atoms with E-state index in [9.17, 15) is 14.7 Å². The molecule has 1 aliphatic rings. The van der Waals surface area contributed by atoms with Crippen molar-refractivity contribution >= 4 is 28.4 Å². The molecule has 0 radical (unpaired) electrons. The Morgan fingerprint density at radius 3 is 2.26 bits per heavy atom. The van der Waals surface area contributed by atoms with Crippen LogP contribution in [0.2, 0.25) is 0 Å². The van der Waals surface area contributed by atoms with E-state index in [1.165, 1.54) is 4.90 Å². The SMILES string of the molecule is CCOc1ccc(/C(O)=C2/C(=O)C(=O)N(CCc3c[nH]c4ccc(OC)cc34)C2c2ccc(OC)cc2)cc1. The molecule has 1 saturated heterocycles. The molecule has 0 spiro atoms. The number of nitrogens with zero attached hydrogens (tertiary/aromatic N) is 1. The van der Waals surface area contributed by atoms with Crippen LogP contribution < -0.4 is 14.2 Å². The summed E-state index contributed by atoms with van der Waals surface area (Å²) in [5.74, 6) is 0.434. The fraction of sp³-hybridized carbons (Fsp3) is 0.226. The summed E-state index contributed by atoms with van der Waals surface area (Å²) in [7, 11) is 3.19. The number of carbonyl (C=O) groups excluding carboxylic acids is 2. The van der Waals surface area contributed by atoms with E-state index in [0.717, 1.165) is 22.2 Å². The van der Waals surface area contributed by atoms with Crippen molar-refractivity contribution in [2.45, 2.75) is 19.4 Å². The van der Waals surface area contributed by atoms with Gasteiger partial charge in [-0.2, -0.15) is 0 Å². The van der Waals surface area contributed by atoms with E-state index >= 15 is 0 Å². The molecule has 2 N–H and O–H groups in total. The molecule has 200 valence electrons. The Morgan fingerprint density at radius 2 is 1.59 bits per heavy atom. The molecule has 1 amide bonds. The number of hydrogen-bond donors (Lipinski definition) is 2. The maximum atomic E-state index is 13.4. The molecule has 4 aromatic rings. The second-order valence-corrected chi connectivity index (χ2v) is 9.20. The number of H-pyrrole nitrogens is 1. The number of rotatable bonds is 9. The summed E-state index contributed by atoms with van der Waals surface area (Å²) >= 11 is 0. The van der Waals surface area contributed by atoms with E-state index in [0.29, 0.717) is 35.7 Å². The highest BCUT2D eigenvalue weighted by Crippen LogP contribution is 2.40. The largest absolute Gasteiger partial charge is 0.507 e. The number of aliphatic hydroxyl groups is 1. The molecule has 1 fully saturated rings. The predicted octanol–water partition coefficient (Wildman–Crippen LogP) is 5.25. The number of fused-ring (bicyclic) bond motifs is 1. The first-order valence-corrected chi connectivity index (χ1v) is 12.7. The zero-order valence-electron chi connectivity index (χ0n) is 22.1. The third-order valence-electron chi connectivity index (χ3n) is 7.01. The molecule has 8 heteroatoms. The molecular formula is C31H30N2O6. The summed E-state index contributed by atoms with van der Waals surface area (Å²) in [6, 6.07) is 19.0. The van der Waals surface area contributed by atoms with E-state index in [1.807, 2.05) is 43.5 Å². The summed E-state index contributed by atoms with van der Waals surface area (Å²) in [5, 5.41) is 12.3. The van der Waals surface area contributed by atoms with Gasteiger partial charge in [0.1, 0.15) is 23.0 Å². The van der Waals surface area contributed by atoms with Gasteiger partial charge in [0, 0.05) is 29.2 Å². The second-order valence-electron chi connectivity index (χ2n) is 9.20. The van der Waals surface area contributed by atoms with Gasteiger partial charge < -0.3 is 29.2 Å². The van der Waals surface area contributed by atoms with Crippen molar-refractivity contribution in [2.75, 3.05) is 27.4 Å². The van der Waals surface area contributed by atoms with Crippen molar-refractivity contribution in [1.29, 1.82) is 0 Å². The number of aliphatic hydroxyl groups excluding tert-OH is 1. The maximum Gasteiger partial charge on any atom is 0.295 e. The molecule has 2 heterocycles. The van der Waals surface area contributed by atoms with Crippen LogP contribution in [0.15, 0.2) is 78.5 Å². The number of likely N-dealkylation sites (tertiary alicyclic amines) is 1. The average molecular weight is 527 g/mol. The predicted molar refractivity (Wildman–Crippen MR) is 148 cm³/mol. The highest BCUT2D eigenvalue weighted by atomic mass is 16.5. The van der Waals surface area contributed by atoms with Crippen molar-refractivity contribution in [2.24, 2.45) is 0 Å². The first-order valence-electron chi connectivity index (χ1n) is 12.7. The number of hydrogen-bond acceptors (Lipinski definition) is 6. The highest BCUT2D eigenvalue weighted by molar-refractivity contribution is 6.46. The molecular weight excluding hydrogens is 496 g/mol. The standard InChI is InChI=1S/C31H30N2O6/c1-4-39-23-11-7-20(8-12-23)29(34)27-28(19-5-9-22(37-2)10-6-19)33(31(36)30(27)35)16-15-21-18-32-26-14-13-24(38-3)17-25(21)26/h5-14,17-18,28,32,34H,4,15-16H2,1-3H3/b29-27-. The first-order chi connectivity index (χ1) is 18.9. The van der Waals surface area contributed by atoms with Crippen LogP contribution in [0.5, 0.6) is 17.2 Å². The van der Waals surface area contributed by atoms with Crippen molar-refractivity contribution < 1.29 is 28.9 Å². The average Bonchev–Trinajstić information content (AvgIpc) is 3.49. The lowest BCUT2D eigenvalue weighted by Crippen LogP contribution is -2.31. The van der Waals surface area contributed by atoms with Gasteiger partial charge in [0.2, 0.25) is 0 Å². The Morgan fingerprint density at radius 1 is 0.923 bits per heavy atom. The summed E-state index contributed by atoms with van der Waals surface area (Å²) in [4.78, 5) is 31.5. The molecule has 39 heavy (non-hydrogen) atoms. The number of ether oxygens (including phenoxy) is 3. The Balaban J connectivity index is 1.53. The monoisotopic (exact) mass is 526 g/mol. The summed E-state index contributed by atoms with van der Waals surface area (Å²) in [6.07, 6.45) is 2.40. The van der Waals surface area contributed by atoms with Crippen LogP contribution in [-0.4, -0.2) is 54.1 Å². The number of ketones is 1. The zero-order chi connectivity index (χ0) is 27.5. The lowest BCUT2D eigenvalue weighted by Gasteiger charge is -2.25. The van der Waals surface area contributed by atoms with Gasteiger partial charge in [0.15, 0.2) is 0 Å². The second kappa shape index (κ2) is 10.9. The lowest BCUT2D eigenvalue weighted by atomic mass is 9.95. The quantitative estimate of drug-likeness (QED) is 0.176. The smallest absolute Gasteiger partial charge is 0.295 e. The van der Waals surface area contributed by atoms with Crippen LogP contribution in [0.25, 0.3) is 16.7 Å². The number of methoxy groups -OCH3 is 2. The molecule has 0 bridgehead atoms. The fourth-order valence-corrected chi connectivity index (χ4v) is 5.01. The van der Waals surface area contributed by atoms with Crippen LogP contribution in [0.3, 0.4) is 0 Å². The van der Waals surface area contributed by atoms with Crippen LogP contribution >= 0.6 is 0 Å². The van der Waals surface area contributed by atoms with Crippen LogP contribution in [0.4, 0.5) is 0 Å². The van der Waals surface area contributed by atoms with Crippen molar-refractivity contribution in [1.82, 2.24) is 9.88 Å². The normalized spacial score (nSPS) is 16.6. The molecule has 1 aromatic heterocycles. The maximum absolute atomic E-state index is 13.4. The van der Waals surface area contributed by atoms with E-state index in [2.05, 4.69) is 4.98 Å². The molecule has 1 atom stereocenters. The number of carbonyl (C=O) groups is 2. The summed E-state index contributed by atoms with van der Waals surface area (Å²) in [6.45, 7) is 2.67. The lowest BCUT2D eigenvalue weighted by molar-refractivity contribution is -0.139. The number of Topliss-reactive ketones (excluding diaryl/α,β-unsaturated/α-hetero) is 1. The highest BCUT2D eigenvalue weighted by Gasteiger charge is 2.45. The molecule has 3 aromatic carbocycles. The zero-order valence-corrected chi connectivity index (χ0v) is 22.1. The topological polar surface area (TPSA) is 101 Å². The van der Waals surface area contributed by atoms with Gasteiger partial charge >= 0.3 is 0 Å². The molecule has 0 aliphatic carbocycles. The molecule has 8 nitrogen and oxygen atoms in total. The molecule has 0 saturated carbocycles. The number of aromatic amines is 1.